The van der Waals surface area contributed by atoms with Crippen molar-refractivity contribution in [3.05, 3.63) is 35.4 Å². The largest absolute Gasteiger partial charge is 0.350 e. The Balaban J connectivity index is 1.73. The summed E-state index contributed by atoms with van der Waals surface area (Å²) in [4.78, 5) is 29.0. The molecule has 1 aromatic rings. The van der Waals surface area contributed by atoms with Gasteiger partial charge in [-0.3, -0.25) is 9.59 Å². The van der Waals surface area contributed by atoms with Gasteiger partial charge >= 0.3 is 0 Å². The standard InChI is InChI=1S/C23H38N4O2/c1-18(2)20-9-7-19(8-10-20)15-26-11-13-27(14-12-26)17-22(29)25(6)16-21(28)24-23(3,4)5/h7-10,18H,11-17H2,1-6H3,(H,24,28)/p+2. The van der Waals surface area contributed by atoms with Gasteiger partial charge in [0.25, 0.3) is 5.91 Å². The summed E-state index contributed by atoms with van der Waals surface area (Å²) in [5.74, 6) is 0.497. The van der Waals surface area contributed by atoms with E-state index >= 15 is 0 Å². The third-order valence-corrected chi connectivity index (χ3v) is 5.49. The maximum atomic E-state index is 12.5. The number of piperazine rings is 1. The fourth-order valence-electron chi connectivity index (χ4n) is 3.73. The molecule has 0 bridgehead atoms. The minimum absolute atomic E-state index is 0.0387. The second-order valence-corrected chi connectivity index (χ2v) is 9.80. The molecule has 0 radical (unpaired) electrons. The Morgan fingerprint density at radius 1 is 1.03 bits per heavy atom. The van der Waals surface area contributed by atoms with Crippen LogP contribution in [0, 0.1) is 0 Å². The van der Waals surface area contributed by atoms with Crippen molar-refractivity contribution in [1.29, 1.82) is 0 Å². The number of rotatable bonds is 7. The summed E-state index contributed by atoms with van der Waals surface area (Å²) in [5.41, 5.74) is 2.49. The van der Waals surface area contributed by atoms with Crippen LogP contribution in [0.4, 0.5) is 0 Å². The van der Waals surface area contributed by atoms with Gasteiger partial charge in [-0.15, -0.1) is 0 Å². The molecule has 0 unspecified atom stereocenters. The van der Waals surface area contributed by atoms with Crippen LogP contribution in [0.3, 0.4) is 0 Å². The SMILES string of the molecule is CC(C)c1ccc(C[NH+]2CC[NH+](CC(=O)N(C)CC(=O)NC(C)(C)C)CC2)cc1. The number of quaternary nitrogens is 2. The second-order valence-electron chi connectivity index (χ2n) is 9.80. The van der Waals surface area contributed by atoms with Crippen LogP contribution in [0.5, 0.6) is 0 Å². The minimum atomic E-state index is -0.277. The first-order valence-electron chi connectivity index (χ1n) is 10.8. The molecule has 29 heavy (non-hydrogen) atoms. The zero-order chi connectivity index (χ0) is 21.6. The van der Waals surface area contributed by atoms with Gasteiger partial charge < -0.3 is 20.0 Å². The van der Waals surface area contributed by atoms with E-state index in [1.807, 2.05) is 20.8 Å². The molecule has 0 aliphatic carbocycles. The number of benzene rings is 1. The van der Waals surface area contributed by atoms with Crippen LogP contribution >= 0.6 is 0 Å². The smallest absolute Gasteiger partial charge is 0.277 e. The normalized spacial score (nSPS) is 19.8. The molecule has 1 aliphatic heterocycles. The van der Waals surface area contributed by atoms with E-state index in [0.717, 1.165) is 32.7 Å². The maximum Gasteiger partial charge on any atom is 0.277 e. The summed E-state index contributed by atoms with van der Waals surface area (Å²) in [6.45, 7) is 16.0. The van der Waals surface area contributed by atoms with Crippen molar-refractivity contribution in [2.24, 2.45) is 0 Å². The average Bonchev–Trinajstić information content (AvgIpc) is 2.62. The Bertz CT molecular complexity index is 671. The first-order chi connectivity index (χ1) is 13.5. The van der Waals surface area contributed by atoms with Crippen molar-refractivity contribution in [1.82, 2.24) is 10.2 Å². The molecule has 1 fully saturated rings. The lowest BCUT2D eigenvalue weighted by Crippen LogP contribution is -3.28. The average molecular weight is 405 g/mol. The zero-order valence-corrected chi connectivity index (χ0v) is 19.1. The Morgan fingerprint density at radius 2 is 1.59 bits per heavy atom. The van der Waals surface area contributed by atoms with Crippen LogP contribution in [0.15, 0.2) is 24.3 Å². The van der Waals surface area contributed by atoms with Gasteiger partial charge in [0.05, 0.1) is 6.54 Å². The van der Waals surface area contributed by atoms with E-state index in [0.29, 0.717) is 12.5 Å². The summed E-state index contributed by atoms with van der Waals surface area (Å²) in [6, 6.07) is 8.99. The van der Waals surface area contributed by atoms with Crippen LogP contribution in [0.2, 0.25) is 0 Å². The van der Waals surface area contributed by atoms with Crippen molar-refractivity contribution >= 4 is 11.8 Å². The first-order valence-corrected chi connectivity index (χ1v) is 10.8. The van der Waals surface area contributed by atoms with Crippen molar-refractivity contribution in [3.63, 3.8) is 0 Å². The van der Waals surface area contributed by atoms with E-state index < -0.39 is 0 Å². The molecule has 6 nitrogen and oxygen atoms in total. The third kappa shape index (κ3) is 8.15. The monoisotopic (exact) mass is 404 g/mol. The molecule has 0 aromatic heterocycles. The number of hydrogen-bond donors (Lipinski definition) is 3. The molecule has 3 N–H and O–H groups in total. The fourth-order valence-corrected chi connectivity index (χ4v) is 3.73. The van der Waals surface area contributed by atoms with E-state index in [4.69, 9.17) is 0 Å². The van der Waals surface area contributed by atoms with Gasteiger partial charge in [0.15, 0.2) is 6.54 Å². The molecule has 0 saturated carbocycles. The Hall–Kier alpha value is -1.92. The van der Waals surface area contributed by atoms with Gasteiger partial charge in [-0.2, -0.15) is 0 Å². The highest BCUT2D eigenvalue weighted by atomic mass is 16.2. The van der Waals surface area contributed by atoms with Gasteiger partial charge in [0.1, 0.15) is 32.7 Å². The van der Waals surface area contributed by atoms with Gasteiger partial charge in [0.2, 0.25) is 5.91 Å². The first kappa shape index (κ1) is 23.4. The molecule has 0 spiro atoms. The van der Waals surface area contributed by atoms with E-state index in [1.54, 1.807) is 16.8 Å². The second kappa shape index (κ2) is 10.2. The quantitative estimate of drug-likeness (QED) is 0.572. The lowest BCUT2D eigenvalue weighted by molar-refractivity contribution is -1.02. The zero-order valence-electron chi connectivity index (χ0n) is 19.1. The molecule has 1 aliphatic rings. The van der Waals surface area contributed by atoms with E-state index in [-0.39, 0.29) is 23.9 Å². The number of carbonyl (C=O) groups is 2. The van der Waals surface area contributed by atoms with Crippen molar-refractivity contribution in [3.8, 4) is 0 Å². The number of nitrogens with zero attached hydrogens (tertiary/aromatic N) is 1. The Morgan fingerprint density at radius 3 is 2.10 bits per heavy atom. The lowest BCUT2D eigenvalue weighted by Gasteiger charge is -2.30. The molecule has 0 atom stereocenters. The van der Waals surface area contributed by atoms with E-state index in [2.05, 4.69) is 43.4 Å². The van der Waals surface area contributed by atoms with Crippen LogP contribution < -0.4 is 15.1 Å². The van der Waals surface area contributed by atoms with Gasteiger partial charge in [0, 0.05) is 18.2 Å². The summed E-state index contributed by atoms with van der Waals surface area (Å²) < 4.78 is 0. The molecule has 2 rings (SSSR count). The highest BCUT2D eigenvalue weighted by molar-refractivity contribution is 5.85. The molecule has 2 amide bonds. The molecule has 1 heterocycles. The predicted octanol–water partition coefficient (Wildman–Crippen LogP) is -0.533. The van der Waals surface area contributed by atoms with Crippen molar-refractivity contribution in [2.45, 2.75) is 52.6 Å². The van der Waals surface area contributed by atoms with E-state index in [1.165, 1.54) is 16.0 Å². The molecule has 1 saturated heterocycles. The molecular weight excluding hydrogens is 364 g/mol. The van der Waals surface area contributed by atoms with Gasteiger partial charge in [-0.1, -0.05) is 38.1 Å². The van der Waals surface area contributed by atoms with Crippen LogP contribution in [-0.4, -0.2) is 68.6 Å². The number of likely N-dealkylation sites (N-methyl/N-ethyl adjacent to an activating group) is 1. The topological polar surface area (TPSA) is 58.3 Å². The van der Waals surface area contributed by atoms with Crippen LogP contribution in [0.25, 0.3) is 0 Å². The summed E-state index contributed by atoms with van der Waals surface area (Å²) in [6.07, 6.45) is 0. The lowest BCUT2D eigenvalue weighted by atomic mass is 10.0. The van der Waals surface area contributed by atoms with Crippen molar-refractivity contribution in [2.75, 3.05) is 46.3 Å². The third-order valence-electron chi connectivity index (χ3n) is 5.49. The van der Waals surface area contributed by atoms with Gasteiger partial charge in [-0.05, 0) is 32.3 Å². The fraction of sp³-hybridized carbons (Fsp3) is 0.652. The highest BCUT2D eigenvalue weighted by Gasteiger charge is 2.27. The molecule has 162 valence electrons. The maximum absolute atomic E-state index is 12.5. The Labute approximate surface area is 176 Å². The molecule has 6 heteroatoms. The van der Waals surface area contributed by atoms with Crippen molar-refractivity contribution < 1.29 is 19.4 Å². The summed E-state index contributed by atoms with van der Waals surface area (Å²) in [7, 11) is 1.71. The molecular formula is C23H40N4O2+2. The predicted molar refractivity (Wildman–Crippen MR) is 116 cm³/mol. The van der Waals surface area contributed by atoms with Gasteiger partial charge in [-0.25, -0.2) is 0 Å². The minimum Gasteiger partial charge on any atom is -0.350 e. The Kier molecular flexibility index (Phi) is 8.23. The summed E-state index contributed by atoms with van der Waals surface area (Å²) >= 11 is 0. The number of amides is 2. The van der Waals surface area contributed by atoms with Crippen LogP contribution in [0.1, 0.15) is 51.7 Å². The summed E-state index contributed by atoms with van der Waals surface area (Å²) in [5, 5.41) is 2.90. The number of nitrogens with one attached hydrogen (secondary N) is 3. The number of carbonyl (C=O) groups excluding carboxylic acids is 2. The highest BCUT2D eigenvalue weighted by Crippen LogP contribution is 2.14. The van der Waals surface area contributed by atoms with Crippen LogP contribution in [-0.2, 0) is 16.1 Å². The van der Waals surface area contributed by atoms with E-state index in [9.17, 15) is 9.59 Å². The number of hydrogen-bond acceptors (Lipinski definition) is 2. The molecule has 1 aromatic carbocycles.